The molecule has 110 valence electrons. The van der Waals surface area contributed by atoms with Crippen molar-refractivity contribution in [1.82, 2.24) is 9.97 Å². The Hall–Kier alpha value is -2.83. The summed E-state index contributed by atoms with van der Waals surface area (Å²) in [4.78, 5) is 40.4. The van der Waals surface area contributed by atoms with Crippen molar-refractivity contribution in [3.05, 3.63) is 51.7 Å². The summed E-state index contributed by atoms with van der Waals surface area (Å²) in [5.74, 6) is -0.997. The third-order valence-electron chi connectivity index (χ3n) is 2.84. The lowest BCUT2D eigenvalue weighted by molar-refractivity contribution is 0.0527. The molecule has 7 heteroatoms. The maximum absolute atomic E-state index is 12.1. The van der Waals surface area contributed by atoms with Gasteiger partial charge in [-0.25, -0.2) is 4.79 Å². The molecule has 2 heterocycles. The summed E-state index contributed by atoms with van der Waals surface area (Å²) in [6.07, 6.45) is 2.89. The topological polar surface area (TPSA) is 104 Å². The second kappa shape index (κ2) is 6.08. The molecule has 3 N–H and O–H groups in total. The van der Waals surface area contributed by atoms with Crippen molar-refractivity contribution in [2.75, 3.05) is 11.9 Å². The van der Waals surface area contributed by atoms with E-state index in [2.05, 4.69) is 15.3 Å². The van der Waals surface area contributed by atoms with E-state index < -0.39 is 11.9 Å². The lowest BCUT2D eigenvalue weighted by Crippen LogP contribution is -2.17. The van der Waals surface area contributed by atoms with Gasteiger partial charge in [0.25, 0.3) is 5.91 Å². The number of carbonyl (C=O) groups is 2. The number of anilines is 1. The zero-order valence-corrected chi connectivity index (χ0v) is 11.6. The van der Waals surface area contributed by atoms with Gasteiger partial charge in [0, 0.05) is 29.7 Å². The van der Waals surface area contributed by atoms with Crippen molar-refractivity contribution in [2.45, 2.75) is 13.8 Å². The lowest BCUT2D eigenvalue weighted by Gasteiger charge is -2.07. The summed E-state index contributed by atoms with van der Waals surface area (Å²) in [7, 11) is 0. The molecule has 2 aromatic heterocycles. The van der Waals surface area contributed by atoms with Crippen LogP contribution in [-0.4, -0.2) is 28.5 Å². The van der Waals surface area contributed by atoms with Crippen molar-refractivity contribution in [3.8, 4) is 0 Å². The molecule has 0 spiro atoms. The molecule has 0 saturated carbocycles. The number of hydrogen-bond donors (Lipinski definition) is 3. The Labute approximate surface area is 120 Å². The molecule has 0 radical (unpaired) electrons. The molecule has 0 bridgehead atoms. The van der Waals surface area contributed by atoms with Gasteiger partial charge in [0.1, 0.15) is 5.56 Å². The van der Waals surface area contributed by atoms with Gasteiger partial charge < -0.3 is 20.0 Å². The standard InChI is InChI=1S/C14H15N3O4/c1-3-21-14(20)12-8(2)16-7-10(12)17-13(19)9-4-5-15-11(18)6-9/h4-7,16H,3H2,1-2H3,(H,15,18)(H,17,19). The highest BCUT2D eigenvalue weighted by atomic mass is 16.5. The van der Waals surface area contributed by atoms with Crippen molar-refractivity contribution < 1.29 is 14.3 Å². The molecular formula is C14H15N3O4. The highest BCUT2D eigenvalue weighted by molar-refractivity contribution is 6.08. The SMILES string of the molecule is CCOC(=O)c1c(NC(=O)c2cc[nH]c(=O)c2)c[nH]c1C. The number of carbonyl (C=O) groups excluding carboxylic acids is 2. The minimum Gasteiger partial charge on any atom is -0.462 e. The zero-order valence-electron chi connectivity index (χ0n) is 11.6. The molecule has 1 amide bonds. The van der Waals surface area contributed by atoms with Crippen molar-refractivity contribution in [3.63, 3.8) is 0 Å². The third kappa shape index (κ3) is 3.19. The van der Waals surface area contributed by atoms with Crippen LogP contribution in [0.25, 0.3) is 0 Å². The molecular weight excluding hydrogens is 274 g/mol. The number of esters is 1. The van der Waals surface area contributed by atoms with Gasteiger partial charge in [-0.1, -0.05) is 0 Å². The highest BCUT2D eigenvalue weighted by Crippen LogP contribution is 2.21. The van der Waals surface area contributed by atoms with Crippen LogP contribution in [0.1, 0.15) is 33.3 Å². The molecule has 0 aromatic carbocycles. The second-order valence-electron chi connectivity index (χ2n) is 4.32. The van der Waals surface area contributed by atoms with E-state index in [9.17, 15) is 14.4 Å². The maximum atomic E-state index is 12.1. The van der Waals surface area contributed by atoms with Crippen LogP contribution in [0.5, 0.6) is 0 Å². The molecule has 0 unspecified atom stereocenters. The van der Waals surface area contributed by atoms with Crippen LogP contribution < -0.4 is 10.9 Å². The number of ether oxygens (including phenoxy) is 1. The molecule has 0 aliphatic heterocycles. The molecule has 2 aromatic rings. The largest absolute Gasteiger partial charge is 0.462 e. The normalized spacial score (nSPS) is 10.2. The van der Waals surface area contributed by atoms with Crippen LogP contribution in [-0.2, 0) is 4.74 Å². The van der Waals surface area contributed by atoms with Gasteiger partial charge in [-0.05, 0) is 19.9 Å². The van der Waals surface area contributed by atoms with E-state index in [4.69, 9.17) is 4.74 Å². The van der Waals surface area contributed by atoms with Crippen LogP contribution in [0.15, 0.2) is 29.3 Å². The third-order valence-corrected chi connectivity index (χ3v) is 2.84. The van der Waals surface area contributed by atoms with Gasteiger partial charge in [0.2, 0.25) is 5.56 Å². The first-order valence-electron chi connectivity index (χ1n) is 6.38. The summed E-state index contributed by atoms with van der Waals surface area (Å²) in [5, 5.41) is 2.59. The fourth-order valence-corrected chi connectivity index (χ4v) is 1.87. The maximum Gasteiger partial charge on any atom is 0.342 e. The average molecular weight is 289 g/mol. The number of pyridine rings is 1. The van der Waals surface area contributed by atoms with Gasteiger partial charge in [0.15, 0.2) is 0 Å². The van der Waals surface area contributed by atoms with Crippen LogP contribution in [0, 0.1) is 6.92 Å². The van der Waals surface area contributed by atoms with E-state index >= 15 is 0 Å². The van der Waals surface area contributed by atoms with Gasteiger partial charge in [-0.15, -0.1) is 0 Å². The van der Waals surface area contributed by atoms with E-state index in [1.807, 2.05) is 0 Å². The first-order chi connectivity index (χ1) is 10.0. The Kier molecular flexibility index (Phi) is 4.22. The first-order valence-corrected chi connectivity index (χ1v) is 6.38. The van der Waals surface area contributed by atoms with Crippen LogP contribution in [0.2, 0.25) is 0 Å². The molecule has 7 nitrogen and oxygen atoms in total. The fourth-order valence-electron chi connectivity index (χ4n) is 1.87. The van der Waals surface area contributed by atoms with E-state index in [1.54, 1.807) is 13.8 Å². The molecule has 0 fully saturated rings. The molecule has 0 saturated heterocycles. The number of aromatic amines is 2. The Balaban J connectivity index is 2.26. The Morgan fingerprint density at radius 1 is 1.33 bits per heavy atom. The summed E-state index contributed by atoms with van der Waals surface area (Å²) >= 11 is 0. The number of H-pyrrole nitrogens is 2. The summed E-state index contributed by atoms with van der Waals surface area (Å²) in [6, 6.07) is 2.65. The number of hydrogen-bond acceptors (Lipinski definition) is 4. The Bertz CT molecular complexity index is 730. The summed E-state index contributed by atoms with van der Waals surface area (Å²) < 4.78 is 4.95. The highest BCUT2D eigenvalue weighted by Gasteiger charge is 2.19. The Morgan fingerprint density at radius 2 is 2.10 bits per heavy atom. The van der Waals surface area contributed by atoms with Gasteiger partial charge in [-0.3, -0.25) is 9.59 Å². The second-order valence-corrected chi connectivity index (χ2v) is 4.32. The summed E-state index contributed by atoms with van der Waals surface area (Å²) in [6.45, 7) is 3.65. The summed E-state index contributed by atoms with van der Waals surface area (Å²) in [5.41, 5.74) is 1.01. The first kappa shape index (κ1) is 14.6. The molecule has 0 aliphatic carbocycles. The average Bonchev–Trinajstić information content (AvgIpc) is 2.80. The van der Waals surface area contributed by atoms with Crippen molar-refractivity contribution in [2.24, 2.45) is 0 Å². The van der Waals surface area contributed by atoms with Gasteiger partial charge >= 0.3 is 5.97 Å². The number of aromatic nitrogens is 2. The monoisotopic (exact) mass is 289 g/mol. The van der Waals surface area contributed by atoms with E-state index in [-0.39, 0.29) is 23.3 Å². The van der Waals surface area contributed by atoms with Crippen molar-refractivity contribution in [1.29, 1.82) is 0 Å². The quantitative estimate of drug-likeness (QED) is 0.741. The minimum absolute atomic E-state index is 0.201. The van der Waals surface area contributed by atoms with E-state index in [0.29, 0.717) is 11.4 Å². The van der Waals surface area contributed by atoms with Crippen molar-refractivity contribution >= 4 is 17.6 Å². The zero-order chi connectivity index (χ0) is 15.4. The Morgan fingerprint density at radius 3 is 2.76 bits per heavy atom. The molecule has 2 rings (SSSR count). The van der Waals surface area contributed by atoms with E-state index in [0.717, 1.165) is 0 Å². The van der Waals surface area contributed by atoms with Crippen LogP contribution >= 0.6 is 0 Å². The minimum atomic E-state index is -0.516. The predicted octanol–water partition coefficient (Wildman–Crippen LogP) is 1.44. The molecule has 0 atom stereocenters. The van der Waals surface area contributed by atoms with E-state index in [1.165, 1.54) is 24.5 Å². The lowest BCUT2D eigenvalue weighted by atomic mass is 10.2. The van der Waals surface area contributed by atoms with Gasteiger partial charge in [-0.2, -0.15) is 0 Å². The predicted molar refractivity (Wildman–Crippen MR) is 76.5 cm³/mol. The number of rotatable bonds is 4. The molecule has 0 aliphatic rings. The van der Waals surface area contributed by atoms with Crippen LogP contribution in [0.4, 0.5) is 5.69 Å². The van der Waals surface area contributed by atoms with Gasteiger partial charge in [0.05, 0.1) is 12.3 Å². The van der Waals surface area contributed by atoms with Crippen LogP contribution in [0.3, 0.4) is 0 Å². The molecule has 21 heavy (non-hydrogen) atoms. The number of nitrogens with one attached hydrogen (secondary N) is 3. The fraction of sp³-hybridized carbons (Fsp3) is 0.214. The number of aryl methyl sites for hydroxylation is 1. The number of amides is 1. The smallest absolute Gasteiger partial charge is 0.342 e.